The van der Waals surface area contributed by atoms with Crippen LogP contribution in [0, 0.1) is 0 Å². The fourth-order valence-electron chi connectivity index (χ4n) is 3.19. The van der Waals surface area contributed by atoms with Crippen LogP contribution in [0.5, 0.6) is 0 Å². The predicted octanol–water partition coefficient (Wildman–Crippen LogP) is 7.16. The van der Waals surface area contributed by atoms with Gasteiger partial charge in [-0.2, -0.15) is 0 Å². The Bertz CT molecular complexity index is 723. The molecular formula is C25H31NO3. The number of hydrogen-bond donors (Lipinski definition) is 0. The van der Waals surface area contributed by atoms with Gasteiger partial charge in [0.05, 0.1) is 18.8 Å². The van der Waals surface area contributed by atoms with Crippen molar-refractivity contribution in [2.75, 3.05) is 4.90 Å². The lowest BCUT2D eigenvalue weighted by molar-refractivity contribution is 0.147. The van der Waals surface area contributed by atoms with E-state index in [2.05, 4.69) is 80.1 Å². The molecule has 0 N–H and O–H groups in total. The zero-order chi connectivity index (χ0) is 21.2. The number of anilines is 2. The second-order valence-electron chi connectivity index (χ2n) is 6.61. The van der Waals surface area contributed by atoms with E-state index >= 15 is 0 Å². The van der Waals surface area contributed by atoms with E-state index in [9.17, 15) is 0 Å². The standard InChI is InChI=1S/C25H31NO3/c1-7-25(29-10-4)26(23-15-11-21(12-16-23)19(5)27-8-2)24-17-13-22(14-18-24)20(6)28-9-3/h8-20,25H,2-4,7H2,1,5-6H3. The van der Waals surface area contributed by atoms with E-state index in [-0.39, 0.29) is 18.4 Å². The summed E-state index contributed by atoms with van der Waals surface area (Å²) in [6.45, 7) is 17.1. The Hall–Kier alpha value is -3.14. The fourth-order valence-corrected chi connectivity index (χ4v) is 3.19. The number of benzene rings is 2. The van der Waals surface area contributed by atoms with E-state index in [1.165, 1.54) is 18.8 Å². The van der Waals surface area contributed by atoms with Crippen molar-refractivity contribution in [3.05, 3.63) is 98.2 Å². The van der Waals surface area contributed by atoms with Gasteiger partial charge in [-0.15, -0.1) is 0 Å². The molecule has 0 spiro atoms. The van der Waals surface area contributed by atoms with E-state index in [1.54, 1.807) is 0 Å². The van der Waals surface area contributed by atoms with E-state index in [0.29, 0.717) is 0 Å². The third-order valence-electron chi connectivity index (χ3n) is 4.77. The topological polar surface area (TPSA) is 30.9 Å². The van der Waals surface area contributed by atoms with Gasteiger partial charge >= 0.3 is 0 Å². The summed E-state index contributed by atoms with van der Waals surface area (Å²) in [4.78, 5) is 2.16. The first kappa shape index (κ1) is 22.2. The van der Waals surface area contributed by atoms with Crippen LogP contribution in [0.2, 0.25) is 0 Å². The lowest BCUT2D eigenvalue weighted by atomic mass is 10.1. The zero-order valence-corrected chi connectivity index (χ0v) is 17.6. The van der Waals surface area contributed by atoms with E-state index < -0.39 is 0 Å². The van der Waals surface area contributed by atoms with Crippen molar-refractivity contribution in [1.29, 1.82) is 0 Å². The summed E-state index contributed by atoms with van der Waals surface area (Å²) >= 11 is 0. The lowest BCUT2D eigenvalue weighted by Crippen LogP contribution is -2.31. The first-order chi connectivity index (χ1) is 14.0. The molecule has 3 unspecified atom stereocenters. The van der Waals surface area contributed by atoms with Crippen molar-refractivity contribution in [1.82, 2.24) is 0 Å². The summed E-state index contributed by atoms with van der Waals surface area (Å²) < 4.78 is 16.7. The monoisotopic (exact) mass is 393 g/mol. The van der Waals surface area contributed by atoms with Gasteiger partial charge in [-0.1, -0.05) is 50.9 Å². The molecule has 3 atom stereocenters. The smallest absolute Gasteiger partial charge is 0.175 e. The van der Waals surface area contributed by atoms with Gasteiger partial charge in [-0.3, -0.25) is 0 Å². The molecule has 0 saturated carbocycles. The van der Waals surface area contributed by atoms with Gasteiger partial charge in [-0.05, 0) is 49.2 Å². The van der Waals surface area contributed by atoms with Gasteiger partial charge in [0.1, 0.15) is 12.2 Å². The Morgan fingerprint density at radius 1 is 0.724 bits per heavy atom. The fraction of sp³-hybridized carbons (Fsp3) is 0.280. The summed E-state index contributed by atoms with van der Waals surface area (Å²) in [6.07, 6.45) is 4.95. The van der Waals surface area contributed by atoms with Crippen LogP contribution in [0.1, 0.15) is 50.5 Å². The van der Waals surface area contributed by atoms with Gasteiger partial charge in [0, 0.05) is 17.8 Å². The first-order valence-corrected chi connectivity index (χ1v) is 9.83. The van der Waals surface area contributed by atoms with Crippen LogP contribution < -0.4 is 4.90 Å². The minimum Gasteiger partial charge on any atom is -0.494 e. The normalized spacial score (nSPS) is 13.5. The van der Waals surface area contributed by atoms with Crippen molar-refractivity contribution in [3.8, 4) is 0 Å². The SMILES string of the molecule is C=COC(C)c1ccc(N(c2ccc(C(C)OC=C)cc2)C(CC)OC=C)cc1. The number of ether oxygens (including phenoxy) is 3. The van der Waals surface area contributed by atoms with Crippen LogP contribution in [-0.4, -0.2) is 6.23 Å². The summed E-state index contributed by atoms with van der Waals surface area (Å²) in [5.41, 5.74) is 4.21. The van der Waals surface area contributed by atoms with Crippen molar-refractivity contribution in [3.63, 3.8) is 0 Å². The maximum Gasteiger partial charge on any atom is 0.175 e. The summed E-state index contributed by atoms with van der Waals surface area (Å²) in [6, 6.07) is 16.5. The third kappa shape index (κ3) is 5.67. The van der Waals surface area contributed by atoms with Crippen LogP contribution in [0.25, 0.3) is 0 Å². The largest absolute Gasteiger partial charge is 0.494 e. The minimum absolute atomic E-state index is 0.0490. The minimum atomic E-state index is -0.173. The Kier molecular flexibility index (Phi) is 8.41. The molecule has 29 heavy (non-hydrogen) atoms. The average Bonchev–Trinajstić information content (AvgIpc) is 2.74. The predicted molar refractivity (Wildman–Crippen MR) is 120 cm³/mol. The molecule has 154 valence electrons. The highest BCUT2D eigenvalue weighted by Crippen LogP contribution is 2.32. The molecule has 0 saturated heterocycles. The number of nitrogens with zero attached hydrogens (tertiary/aromatic N) is 1. The molecule has 2 rings (SSSR count). The highest BCUT2D eigenvalue weighted by molar-refractivity contribution is 5.64. The lowest BCUT2D eigenvalue weighted by Gasteiger charge is -2.33. The highest BCUT2D eigenvalue weighted by atomic mass is 16.5. The summed E-state index contributed by atoms with van der Waals surface area (Å²) in [7, 11) is 0. The number of hydrogen-bond acceptors (Lipinski definition) is 4. The van der Waals surface area contributed by atoms with Gasteiger partial charge in [0.2, 0.25) is 0 Å². The van der Waals surface area contributed by atoms with Crippen LogP contribution in [0.3, 0.4) is 0 Å². The molecule has 0 aliphatic heterocycles. The van der Waals surface area contributed by atoms with Gasteiger partial charge in [0.25, 0.3) is 0 Å². The van der Waals surface area contributed by atoms with E-state index in [4.69, 9.17) is 14.2 Å². The molecule has 0 bridgehead atoms. The molecule has 2 aromatic carbocycles. The van der Waals surface area contributed by atoms with Crippen molar-refractivity contribution in [2.24, 2.45) is 0 Å². The maximum absolute atomic E-state index is 5.81. The second-order valence-corrected chi connectivity index (χ2v) is 6.61. The Balaban J connectivity index is 2.38. The Morgan fingerprint density at radius 2 is 1.10 bits per heavy atom. The average molecular weight is 394 g/mol. The molecule has 0 aliphatic rings. The third-order valence-corrected chi connectivity index (χ3v) is 4.77. The number of rotatable bonds is 12. The van der Waals surface area contributed by atoms with Crippen LogP contribution in [-0.2, 0) is 14.2 Å². The van der Waals surface area contributed by atoms with Crippen molar-refractivity contribution in [2.45, 2.75) is 45.6 Å². The molecule has 0 radical (unpaired) electrons. The second kappa shape index (κ2) is 11.0. The highest BCUT2D eigenvalue weighted by Gasteiger charge is 2.21. The van der Waals surface area contributed by atoms with Crippen molar-refractivity contribution < 1.29 is 14.2 Å². The molecule has 0 heterocycles. The van der Waals surface area contributed by atoms with Gasteiger partial charge < -0.3 is 19.1 Å². The Labute approximate surface area is 174 Å². The molecule has 0 aromatic heterocycles. The molecule has 2 aromatic rings. The summed E-state index contributed by atoms with van der Waals surface area (Å²) in [5.74, 6) is 0. The first-order valence-electron chi connectivity index (χ1n) is 9.83. The van der Waals surface area contributed by atoms with Gasteiger partial charge in [0.15, 0.2) is 6.23 Å². The quantitative estimate of drug-likeness (QED) is 0.283. The van der Waals surface area contributed by atoms with E-state index in [1.807, 2.05) is 13.8 Å². The van der Waals surface area contributed by atoms with Gasteiger partial charge in [-0.25, -0.2) is 0 Å². The maximum atomic E-state index is 5.81. The molecule has 0 aliphatic carbocycles. The van der Waals surface area contributed by atoms with Crippen LogP contribution in [0.4, 0.5) is 11.4 Å². The zero-order valence-electron chi connectivity index (χ0n) is 17.6. The van der Waals surface area contributed by atoms with Crippen LogP contribution >= 0.6 is 0 Å². The molecular weight excluding hydrogens is 362 g/mol. The Morgan fingerprint density at radius 3 is 1.41 bits per heavy atom. The summed E-state index contributed by atoms with van der Waals surface area (Å²) in [5, 5.41) is 0. The van der Waals surface area contributed by atoms with Crippen LogP contribution in [0.15, 0.2) is 87.1 Å². The molecule has 4 heteroatoms. The van der Waals surface area contributed by atoms with Crippen molar-refractivity contribution >= 4 is 11.4 Å². The molecule has 0 fully saturated rings. The molecule has 0 amide bonds. The molecule has 4 nitrogen and oxygen atoms in total. The van der Waals surface area contributed by atoms with E-state index in [0.717, 1.165) is 28.9 Å².